The molecule has 7 rings (SSSR count). The molecule has 0 aromatic heterocycles. The molecule has 0 bridgehead atoms. The number of rotatable bonds is 7. The average molecular weight is 621 g/mol. The minimum atomic E-state index is -1.32. The van der Waals surface area contributed by atoms with E-state index in [2.05, 4.69) is 23.1 Å². The van der Waals surface area contributed by atoms with Crippen molar-refractivity contribution in [2.24, 2.45) is 11.0 Å². The number of nitrogens with zero attached hydrogens (tertiary/aromatic N) is 4. The number of hydrogen-bond acceptors (Lipinski definition) is 6. The zero-order valence-corrected chi connectivity index (χ0v) is 26.1. The molecular weight excluding hydrogens is 589 g/mol. The number of thiocarbonyl (C=S) groups is 1. The van der Waals surface area contributed by atoms with Crippen molar-refractivity contribution >= 4 is 46.1 Å². The molecule has 1 fully saturated rings. The van der Waals surface area contributed by atoms with E-state index in [1.165, 1.54) is 7.11 Å². The van der Waals surface area contributed by atoms with E-state index in [9.17, 15) is 4.79 Å². The smallest absolute Gasteiger partial charge is 0.319 e. The number of hydrazone groups is 1. The van der Waals surface area contributed by atoms with E-state index >= 15 is 0 Å². The Bertz CT molecular complexity index is 1900. The van der Waals surface area contributed by atoms with Gasteiger partial charge in [0.2, 0.25) is 5.66 Å². The summed E-state index contributed by atoms with van der Waals surface area (Å²) in [5.41, 5.74) is 3.91. The second-order valence-electron chi connectivity index (χ2n) is 11.1. The summed E-state index contributed by atoms with van der Waals surface area (Å²) in [6, 6.07) is 50.1. The fourth-order valence-corrected chi connectivity index (χ4v) is 6.94. The predicted molar refractivity (Wildman–Crippen MR) is 189 cm³/mol. The molecule has 226 valence electrons. The van der Waals surface area contributed by atoms with Crippen LogP contribution in [0.25, 0.3) is 0 Å². The molecule has 0 unspecified atom stereocenters. The van der Waals surface area contributed by atoms with Crippen LogP contribution in [0.3, 0.4) is 0 Å². The van der Waals surface area contributed by atoms with Crippen LogP contribution in [0, 0.1) is 5.92 Å². The standard InChI is InChI=1S/C39H32N4O2S/c1-45-37(44)35-34(28-27-29-17-7-2-8-18-29)41(31-21-11-4-12-22-31)38(46)39(35)42(32-23-13-5-14-24-32)36(30-19-9-3-10-20-30)40-43(39)33-25-15-6-16-26-33/h2-26,28,35H,27H2,1H3/b34-28+/t35-,39+/m0/s1. The number of benzene rings is 5. The van der Waals surface area contributed by atoms with Gasteiger partial charge in [-0.2, -0.15) is 5.10 Å². The lowest BCUT2D eigenvalue weighted by Gasteiger charge is -2.44. The molecule has 7 heteroatoms. The summed E-state index contributed by atoms with van der Waals surface area (Å²) in [5, 5.41) is 7.27. The van der Waals surface area contributed by atoms with Crippen molar-refractivity contribution < 1.29 is 9.53 Å². The summed E-state index contributed by atoms with van der Waals surface area (Å²) >= 11 is 6.62. The van der Waals surface area contributed by atoms with Crippen molar-refractivity contribution in [1.29, 1.82) is 0 Å². The van der Waals surface area contributed by atoms with Crippen molar-refractivity contribution in [3.63, 3.8) is 0 Å². The summed E-state index contributed by atoms with van der Waals surface area (Å²) in [6.07, 6.45) is 2.70. The largest absolute Gasteiger partial charge is 0.468 e. The number of para-hydroxylation sites is 3. The van der Waals surface area contributed by atoms with E-state index in [1.54, 1.807) is 0 Å². The topological polar surface area (TPSA) is 48.4 Å². The van der Waals surface area contributed by atoms with Crippen LogP contribution in [0.2, 0.25) is 0 Å². The summed E-state index contributed by atoms with van der Waals surface area (Å²) < 4.78 is 5.67. The molecule has 5 aromatic rings. The molecule has 0 amide bonds. The van der Waals surface area contributed by atoms with Crippen LogP contribution < -0.4 is 14.8 Å². The SMILES string of the molecule is COC(=O)[C@@H]1/C(=C\Cc2ccccc2)N(c2ccccc2)C(=S)[C@]12N(c1ccccc1)N=C(c1ccccc1)N2c1ccccc1. The zero-order chi connectivity index (χ0) is 31.5. The van der Waals surface area contributed by atoms with Crippen LogP contribution in [-0.4, -0.2) is 29.6 Å². The first-order valence-corrected chi connectivity index (χ1v) is 15.6. The summed E-state index contributed by atoms with van der Waals surface area (Å²) in [7, 11) is 1.44. The highest BCUT2D eigenvalue weighted by atomic mass is 32.1. The monoisotopic (exact) mass is 620 g/mol. The normalized spacial score (nSPS) is 20.0. The highest BCUT2D eigenvalue weighted by molar-refractivity contribution is 7.81. The number of ether oxygens (including phenoxy) is 1. The first-order valence-electron chi connectivity index (χ1n) is 15.2. The van der Waals surface area contributed by atoms with Gasteiger partial charge < -0.3 is 9.64 Å². The number of anilines is 3. The first kappa shape index (κ1) is 29.2. The van der Waals surface area contributed by atoms with Gasteiger partial charge in [-0.1, -0.05) is 134 Å². The highest BCUT2D eigenvalue weighted by Crippen LogP contribution is 2.53. The molecule has 0 aliphatic carbocycles. The van der Waals surface area contributed by atoms with Crippen molar-refractivity contribution in [3.05, 3.63) is 175 Å². The Labute approximate surface area is 274 Å². The number of carbonyl (C=O) groups excluding carboxylic acids is 1. The van der Waals surface area contributed by atoms with Gasteiger partial charge in [-0.15, -0.1) is 0 Å². The minimum Gasteiger partial charge on any atom is -0.468 e. The quantitative estimate of drug-likeness (QED) is 0.137. The van der Waals surface area contributed by atoms with Gasteiger partial charge in [0.25, 0.3) is 0 Å². The molecule has 0 radical (unpaired) electrons. The molecular formula is C39H32N4O2S. The van der Waals surface area contributed by atoms with Crippen LogP contribution in [0.1, 0.15) is 11.1 Å². The number of esters is 1. The lowest BCUT2D eigenvalue weighted by atomic mass is 9.88. The molecule has 46 heavy (non-hydrogen) atoms. The second kappa shape index (κ2) is 12.5. The zero-order valence-electron chi connectivity index (χ0n) is 25.3. The van der Waals surface area contributed by atoms with Gasteiger partial charge in [-0.05, 0) is 48.4 Å². The van der Waals surface area contributed by atoms with Gasteiger partial charge in [0.15, 0.2) is 5.84 Å². The maximum atomic E-state index is 14.5. The first-order chi connectivity index (χ1) is 22.6. The lowest BCUT2D eigenvalue weighted by Crippen LogP contribution is -2.65. The van der Waals surface area contributed by atoms with Crippen molar-refractivity contribution in [2.45, 2.75) is 12.1 Å². The Kier molecular flexibility index (Phi) is 7.91. The third-order valence-electron chi connectivity index (χ3n) is 8.43. The van der Waals surface area contributed by atoms with Crippen molar-refractivity contribution in [2.75, 3.05) is 21.9 Å². The molecule has 6 nitrogen and oxygen atoms in total. The maximum absolute atomic E-state index is 14.5. The van der Waals surface area contributed by atoms with Gasteiger partial charge >= 0.3 is 5.97 Å². The number of allylic oxidation sites excluding steroid dienone is 1. The molecule has 2 atom stereocenters. The molecule has 1 saturated heterocycles. The molecule has 0 N–H and O–H groups in total. The van der Waals surface area contributed by atoms with Gasteiger partial charge in [0, 0.05) is 22.6 Å². The van der Waals surface area contributed by atoms with E-state index in [0.29, 0.717) is 17.2 Å². The Hall–Kier alpha value is -5.53. The molecule has 0 saturated carbocycles. The van der Waals surface area contributed by atoms with E-state index in [4.69, 9.17) is 22.1 Å². The minimum absolute atomic E-state index is 0.411. The lowest BCUT2D eigenvalue weighted by molar-refractivity contribution is -0.145. The van der Waals surface area contributed by atoms with E-state index in [0.717, 1.165) is 33.9 Å². The summed E-state index contributed by atoms with van der Waals surface area (Å²) in [5.74, 6) is -0.630. The van der Waals surface area contributed by atoms with Gasteiger partial charge in [-0.3, -0.25) is 9.69 Å². The molecule has 2 aliphatic rings. The Morgan fingerprint density at radius 3 is 1.80 bits per heavy atom. The average Bonchev–Trinajstić information content (AvgIpc) is 3.61. The van der Waals surface area contributed by atoms with Crippen LogP contribution >= 0.6 is 12.2 Å². The molecule has 1 spiro atoms. The van der Waals surface area contributed by atoms with Crippen LogP contribution in [-0.2, 0) is 16.0 Å². The van der Waals surface area contributed by atoms with E-state index in [-0.39, 0.29) is 0 Å². The van der Waals surface area contributed by atoms with Gasteiger partial charge in [0.1, 0.15) is 10.9 Å². The molecule has 2 aliphatic heterocycles. The third-order valence-corrected chi connectivity index (χ3v) is 8.92. The number of amidine groups is 1. The summed E-state index contributed by atoms with van der Waals surface area (Å²) in [6.45, 7) is 0. The Morgan fingerprint density at radius 2 is 1.24 bits per heavy atom. The third kappa shape index (κ3) is 4.86. The van der Waals surface area contributed by atoms with Gasteiger partial charge in [-0.25, -0.2) is 5.01 Å². The van der Waals surface area contributed by atoms with E-state index < -0.39 is 17.6 Å². The van der Waals surface area contributed by atoms with Crippen LogP contribution in [0.5, 0.6) is 0 Å². The van der Waals surface area contributed by atoms with Crippen LogP contribution in [0.15, 0.2) is 169 Å². The van der Waals surface area contributed by atoms with E-state index in [1.807, 2.05) is 149 Å². The number of methoxy groups -OCH3 is 1. The second-order valence-corrected chi connectivity index (χ2v) is 11.5. The van der Waals surface area contributed by atoms with Crippen LogP contribution in [0.4, 0.5) is 17.1 Å². The fraction of sp³-hybridized carbons (Fsp3) is 0.103. The highest BCUT2D eigenvalue weighted by Gasteiger charge is 2.68. The van der Waals surface area contributed by atoms with Gasteiger partial charge in [0.05, 0.1) is 12.8 Å². The molecule has 2 heterocycles. The molecule has 5 aromatic carbocycles. The summed E-state index contributed by atoms with van der Waals surface area (Å²) in [4.78, 5) is 19.1. The number of hydrogen-bond donors (Lipinski definition) is 0. The Morgan fingerprint density at radius 1 is 0.739 bits per heavy atom. The predicted octanol–water partition coefficient (Wildman–Crippen LogP) is 7.83. The fourth-order valence-electron chi connectivity index (χ4n) is 6.44. The maximum Gasteiger partial charge on any atom is 0.319 e. The Balaban J connectivity index is 1.56. The van der Waals surface area contributed by atoms with Crippen molar-refractivity contribution in [1.82, 2.24) is 0 Å². The number of carbonyl (C=O) groups is 1. The van der Waals surface area contributed by atoms with Crippen molar-refractivity contribution in [3.8, 4) is 0 Å².